The highest BCUT2D eigenvalue weighted by Gasteiger charge is 2.43. The molecule has 1 aliphatic rings. The van der Waals surface area contributed by atoms with Crippen molar-refractivity contribution < 1.29 is 17.9 Å². The summed E-state index contributed by atoms with van der Waals surface area (Å²) in [5.41, 5.74) is -0.336. The number of hydrogen-bond donors (Lipinski definition) is 1. The average Bonchev–Trinajstić information content (AvgIpc) is 2.27. The maximum Gasteiger partial charge on any atom is 0.251 e. The molecule has 1 aliphatic heterocycles. The molecule has 1 unspecified atom stereocenters. The van der Waals surface area contributed by atoms with Crippen LogP contribution in [-0.2, 0) is 9.09 Å². The van der Waals surface area contributed by atoms with E-state index in [9.17, 15) is 13.3 Å². The van der Waals surface area contributed by atoms with Gasteiger partial charge in [-0.1, -0.05) is 0 Å². The maximum atomic E-state index is 13.7. The molecular weight excluding hydrogens is 259 g/mol. The fraction of sp³-hybridized carbons (Fsp3) is 0.500. The molecule has 18 heavy (non-hydrogen) atoms. The minimum atomic E-state index is -3.43. The van der Waals surface area contributed by atoms with Gasteiger partial charge in [0.25, 0.3) is 7.37 Å². The number of rotatable bonds is 1. The van der Waals surface area contributed by atoms with Gasteiger partial charge in [0.15, 0.2) is 0 Å². The summed E-state index contributed by atoms with van der Waals surface area (Å²) in [4.78, 5) is 0. The third-order valence-electron chi connectivity index (χ3n) is 2.97. The second-order valence-electron chi connectivity index (χ2n) is 5.17. The van der Waals surface area contributed by atoms with Gasteiger partial charge in [-0.25, -0.2) is 8.78 Å². The van der Waals surface area contributed by atoms with Crippen LogP contribution in [0.3, 0.4) is 0 Å². The van der Waals surface area contributed by atoms with E-state index in [1.807, 2.05) is 13.8 Å². The Morgan fingerprint density at radius 2 is 2.11 bits per heavy atom. The molecule has 1 aromatic rings. The first-order chi connectivity index (χ1) is 8.24. The molecule has 1 aromatic carbocycles. The van der Waals surface area contributed by atoms with Gasteiger partial charge in [-0.05, 0) is 39.0 Å². The van der Waals surface area contributed by atoms with Gasteiger partial charge in [0.1, 0.15) is 11.6 Å². The van der Waals surface area contributed by atoms with Crippen molar-refractivity contribution in [2.45, 2.75) is 32.1 Å². The van der Waals surface area contributed by atoms with Crippen molar-refractivity contribution >= 4 is 12.7 Å². The van der Waals surface area contributed by atoms with Gasteiger partial charge in [-0.3, -0.25) is 9.88 Å². The largest absolute Gasteiger partial charge is 0.322 e. The van der Waals surface area contributed by atoms with E-state index in [0.29, 0.717) is 0 Å². The van der Waals surface area contributed by atoms with Crippen molar-refractivity contribution in [3.8, 4) is 0 Å². The Bertz CT molecular complexity index is 519. The van der Waals surface area contributed by atoms with E-state index in [4.69, 9.17) is 4.52 Å². The summed E-state index contributed by atoms with van der Waals surface area (Å²) in [5.74, 6) is -1.88. The summed E-state index contributed by atoms with van der Waals surface area (Å²) in [6.07, 6.45) is 0. The summed E-state index contributed by atoms with van der Waals surface area (Å²) in [6.45, 7) is 5.64. The zero-order valence-electron chi connectivity index (χ0n) is 10.5. The van der Waals surface area contributed by atoms with Crippen molar-refractivity contribution in [3.63, 3.8) is 0 Å². The number of nitrogens with one attached hydrogen (secondary N) is 1. The van der Waals surface area contributed by atoms with Gasteiger partial charge >= 0.3 is 0 Å². The van der Waals surface area contributed by atoms with Crippen LogP contribution in [0.1, 0.15) is 20.8 Å². The number of benzene rings is 1. The van der Waals surface area contributed by atoms with Crippen LogP contribution in [0, 0.1) is 11.6 Å². The monoisotopic (exact) mass is 275 g/mol. The van der Waals surface area contributed by atoms with E-state index in [1.165, 1.54) is 0 Å². The topological polar surface area (TPSA) is 38.3 Å². The Morgan fingerprint density at radius 3 is 2.72 bits per heavy atom. The summed E-state index contributed by atoms with van der Waals surface area (Å²) in [7, 11) is -3.43. The predicted molar refractivity (Wildman–Crippen MR) is 66.2 cm³/mol. The molecule has 0 amide bonds. The third-order valence-corrected chi connectivity index (χ3v) is 5.65. The molecule has 1 N–H and O–H groups in total. The minimum Gasteiger partial charge on any atom is -0.322 e. The van der Waals surface area contributed by atoms with E-state index in [1.54, 1.807) is 6.92 Å². The first kappa shape index (κ1) is 13.7. The van der Waals surface area contributed by atoms with Gasteiger partial charge < -0.3 is 4.52 Å². The van der Waals surface area contributed by atoms with Gasteiger partial charge in [0, 0.05) is 5.54 Å². The summed E-state index contributed by atoms with van der Waals surface area (Å²) in [6, 6.07) is 2.92. The Labute approximate surface area is 105 Å². The van der Waals surface area contributed by atoms with E-state index in [0.717, 1.165) is 18.2 Å². The standard InChI is InChI=1S/C12H16F2NO2P/c1-8-15-12(2,3)7-17-18(8,16)11-6-9(13)4-5-10(11)14/h4-6,8,15H,7H2,1-3H3/t8-,18?/m0/s1. The molecule has 0 spiro atoms. The Balaban J connectivity index is 2.43. The Hall–Kier alpha value is -0.770. The van der Waals surface area contributed by atoms with Crippen LogP contribution in [0.5, 0.6) is 0 Å². The van der Waals surface area contributed by atoms with Gasteiger partial charge in [-0.15, -0.1) is 0 Å². The van der Waals surface area contributed by atoms with Crippen LogP contribution in [0.4, 0.5) is 8.78 Å². The van der Waals surface area contributed by atoms with Crippen LogP contribution < -0.4 is 10.6 Å². The second kappa shape index (κ2) is 4.41. The van der Waals surface area contributed by atoms with Crippen LogP contribution in [-0.4, -0.2) is 17.9 Å². The van der Waals surface area contributed by atoms with Crippen molar-refractivity contribution in [1.82, 2.24) is 5.32 Å². The Morgan fingerprint density at radius 1 is 1.44 bits per heavy atom. The molecule has 2 rings (SSSR count). The quantitative estimate of drug-likeness (QED) is 0.801. The number of hydrogen-bond acceptors (Lipinski definition) is 3. The lowest BCUT2D eigenvalue weighted by Gasteiger charge is -2.40. The Kier molecular flexibility index (Phi) is 3.34. The molecule has 0 aliphatic carbocycles. The highest BCUT2D eigenvalue weighted by Crippen LogP contribution is 2.53. The second-order valence-corrected chi connectivity index (χ2v) is 7.88. The lowest BCUT2D eigenvalue weighted by atomic mass is 10.1. The van der Waals surface area contributed by atoms with Crippen LogP contribution in [0.2, 0.25) is 0 Å². The summed E-state index contributed by atoms with van der Waals surface area (Å²) < 4.78 is 45.0. The number of halogens is 2. The first-order valence-corrected chi connectivity index (χ1v) is 7.42. The van der Waals surface area contributed by atoms with Crippen LogP contribution in [0.15, 0.2) is 18.2 Å². The normalized spacial score (nSPS) is 31.3. The highest BCUT2D eigenvalue weighted by molar-refractivity contribution is 7.67. The molecule has 2 atom stereocenters. The summed E-state index contributed by atoms with van der Waals surface area (Å²) >= 11 is 0. The smallest absolute Gasteiger partial charge is 0.251 e. The molecule has 0 saturated carbocycles. The van der Waals surface area contributed by atoms with Crippen molar-refractivity contribution in [2.24, 2.45) is 0 Å². The first-order valence-electron chi connectivity index (χ1n) is 5.72. The highest BCUT2D eigenvalue weighted by atomic mass is 31.2. The van der Waals surface area contributed by atoms with Crippen molar-refractivity contribution in [1.29, 1.82) is 0 Å². The zero-order valence-corrected chi connectivity index (χ0v) is 11.4. The average molecular weight is 275 g/mol. The van der Waals surface area contributed by atoms with Gasteiger partial charge in [0.2, 0.25) is 0 Å². The fourth-order valence-electron chi connectivity index (χ4n) is 2.06. The third kappa shape index (κ3) is 2.35. The van der Waals surface area contributed by atoms with E-state index >= 15 is 0 Å². The van der Waals surface area contributed by atoms with Gasteiger partial charge in [-0.2, -0.15) is 0 Å². The lowest BCUT2D eigenvalue weighted by Crippen LogP contribution is -2.53. The van der Waals surface area contributed by atoms with Crippen molar-refractivity contribution in [3.05, 3.63) is 29.8 Å². The molecule has 0 bridgehead atoms. The predicted octanol–water partition coefficient (Wildman–Crippen LogP) is 2.61. The minimum absolute atomic E-state index is 0.182. The van der Waals surface area contributed by atoms with E-state index in [2.05, 4.69) is 5.32 Å². The molecule has 6 heteroatoms. The molecule has 0 radical (unpaired) electrons. The molecule has 3 nitrogen and oxygen atoms in total. The molecule has 0 aromatic heterocycles. The zero-order chi connectivity index (χ0) is 13.6. The molecule has 100 valence electrons. The molecule has 1 saturated heterocycles. The molecule has 1 heterocycles. The maximum absolute atomic E-state index is 13.7. The van der Waals surface area contributed by atoms with Crippen LogP contribution in [0.25, 0.3) is 0 Å². The van der Waals surface area contributed by atoms with E-state index < -0.39 is 24.8 Å². The van der Waals surface area contributed by atoms with Crippen molar-refractivity contribution in [2.75, 3.05) is 6.61 Å². The molecular formula is C12H16F2NO2P. The van der Waals surface area contributed by atoms with Gasteiger partial charge in [0.05, 0.1) is 17.7 Å². The summed E-state index contributed by atoms with van der Waals surface area (Å²) in [5, 5.41) is 2.93. The van der Waals surface area contributed by atoms with Crippen LogP contribution >= 0.6 is 7.37 Å². The fourth-order valence-corrected chi connectivity index (χ4v) is 4.55. The lowest BCUT2D eigenvalue weighted by molar-refractivity contribution is 0.174. The molecule has 1 fully saturated rings. The SMILES string of the molecule is C[C@H]1NC(C)(C)COP1(=O)c1cc(F)ccc1F. The van der Waals surface area contributed by atoms with E-state index in [-0.39, 0.29) is 17.5 Å².